The van der Waals surface area contributed by atoms with Gasteiger partial charge < -0.3 is 4.74 Å². The molecule has 0 radical (unpaired) electrons. The first-order valence-corrected chi connectivity index (χ1v) is 14.1. The highest BCUT2D eigenvalue weighted by molar-refractivity contribution is 14.1. The first-order valence-electron chi connectivity index (χ1n) is 12.0. The minimum absolute atomic E-state index is 0.211. The Morgan fingerprint density at radius 3 is 2.62 bits per heavy atom. The van der Waals surface area contributed by atoms with Crippen molar-refractivity contribution < 1.29 is 9.53 Å². The molecule has 0 saturated carbocycles. The van der Waals surface area contributed by atoms with E-state index in [0.717, 1.165) is 41.5 Å². The van der Waals surface area contributed by atoms with Crippen molar-refractivity contribution in [3.8, 4) is 11.8 Å². The summed E-state index contributed by atoms with van der Waals surface area (Å²) < 4.78 is 6.04. The van der Waals surface area contributed by atoms with Gasteiger partial charge in [-0.1, -0.05) is 95.5 Å². The second-order valence-corrected chi connectivity index (χ2v) is 9.41. The summed E-state index contributed by atoms with van der Waals surface area (Å²) in [5, 5.41) is 4.83. The predicted molar refractivity (Wildman–Crippen MR) is 146 cm³/mol. The maximum absolute atomic E-state index is 12.4. The third kappa shape index (κ3) is 3.25. The molecule has 0 unspecified atom stereocenters. The maximum Gasteiger partial charge on any atom is 0.332 e. The fourth-order valence-corrected chi connectivity index (χ4v) is 6.46. The molecule has 3 atom stereocenters. The van der Waals surface area contributed by atoms with Crippen molar-refractivity contribution in [1.29, 1.82) is 0 Å². The van der Waals surface area contributed by atoms with Crippen LogP contribution in [0.3, 0.4) is 0 Å². The molecular weight excluding hydrogens is 533 g/mol. The van der Waals surface area contributed by atoms with E-state index in [4.69, 9.17) is 4.74 Å². The molecule has 2 fully saturated rings. The number of halogens is 1. The fourth-order valence-electron chi connectivity index (χ4n) is 6.46. The smallest absolute Gasteiger partial charge is 0.332 e. The van der Waals surface area contributed by atoms with Gasteiger partial charge in [0, 0.05) is 35.2 Å². The normalized spacial score (nSPS) is 26.9. The average molecular weight is 559 g/mol. The van der Waals surface area contributed by atoms with Gasteiger partial charge in [-0.15, -0.1) is 0 Å². The van der Waals surface area contributed by atoms with Crippen LogP contribution in [-0.2, 0) is 9.53 Å². The zero-order valence-electron chi connectivity index (χ0n) is 19.2. The highest BCUT2D eigenvalue weighted by Gasteiger charge is 2.61. The van der Waals surface area contributed by atoms with E-state index in [1.165, 1.54) is 29.0 Å². The topological polar surface area (TPSA) is 29.5 Å². The van der Waals surface area contributed by atoms with Gasteiger partial charge in [-0.3, -0.25) is 4.90 Å². The number of alkyl halides is 1. The molecule has 0 N–H and O–H groups in total. The molecule has 3 nitrogen and oxygen atoms in total. The van der Waals surface area contributed by atoms with Gasteiger partial charge in [0.1, 0.15) is 0 Å². The van der Waals surface area contributed by atoms with Crippen molar-refractivity contribution in [2.45, 2.75) is 43.4 Å². The van der Waals surface area contributed by atoms with E-state index in [9.17, 15) is 4.79 Å². The predicted octanol–water partition coefficient (Wildman–Crippen LogP) is 6.18. The number of carbonyl (C=O) groups excluding carboxylic acids is 1. The van der Waals surface area contributed by atoms with E-state index >= 15 is 0 Å². The zero-order chi connectivity index (χ0) is 23.3. The molecule has 3 heterocycles. The lowest BCUT2D eigenvalue weighted by atomic mass is 9.77. The van der Waals surface area contributed by atoms with Gasteiger partial charge in [0.15, 0.2) is 5.60 Å². The second kappa shape index (κ2) is 8.55. The van der Waals surface area contributed by atoms with Gasteiger partial charge in [-0.25, -0.2) is 4.79 Å². The lowest BCUT2D eigenvalue weighted by Gasteiger charge is -2.38. The van der Waals surface area contributed by atoms with Gasteiger partial charge >= 0.3 is 5.97 Å². The largest absolute Gasteiger partial charge is 0.449 e. The van der Waals surface area contributed by atoms with Gasteiger partial charge in [-0.2, -0.15) is 0 Å². The lowest BCUT2D eigenvalue weighted by Crippen LogP contribution is -2.48. The van der Waals surface area contributed by atoms with Gasteiger partial charge in [0.05, 0.1) is 6.04 Å². The Kier molecular flexibility index (Phi) is 5.50. The van der Waals surface area contributed by atoms with Crippen LogP contribution in [0.15, 0.2) is 77.9 Å². The van der Waals surface area contributed by atoms with E-state index in [2.05, 4.69) is 100 Å². The zero-order valence-corrected chi connectivity index (χ0v) is 21.3. The molecule has 3 aromatic rings. The summed E-state index contributed by atoms with van der Waals surface area (Å²) in [4.78, 5) is 16.9. The van der Waals surface area contributed by atoms with Crippen LogP contribution in [-0.4, -0.2) is 40.0 Å². The van der Waals surface area contributed by atoms with E-state index in [1.54, 1.807) is 6.08 Å². The number of esters is 1. The molecule has 3 aromatic carbocycles. The lowest BCUT2D eigenvalue weighted by molar-refractivity contribution is -0.148. The van der Waals surface area contributed by atoms with E-state index < -0.39 is 5.60 Å². The SMILES string of the molecule is CI.O=C1C=C2C(C#Cc3cc4ccccc4c4ccccc34)=C[C@@H]3C[C@@]2(O1)[C@H]1CCCCN31. The minimum atomic E-state index is -0.494. The van der Waals surface area contributed by atoms with Crippen LogP contribution in [0, 0.1) is 11.8 Å². The van der Waals surface area contributed by atoms with Crippen molar-refractivity contribution in [2.24, 2.45) is 0 Å². The van der Waals surface area contributed by atoms with E-state index in [0.29, 0.717) is 6.04 Å². The van der Waals surface area contributed by atoms with Crippen LogP contribution >= 0.6 is 22.6 Å². The molecular formula is C30H26INO2. The van der Waals surface area contributed by atoms with Crippen molar-refractivity contribution in [1.82, 2.24) is 4.90 Å². The third-order valence-corrected chi connectivity index (χ3v) is 7.77. The van der Waals surface area contributed by atoms with Crippen LogP contribution in [0.4, 0.5) is 0 Å². The van der Waals surface area contributed by atoms with Gasteiger partial charge in [0.2, 0.25) is 0 Å². The highest BCUT2D eigenvalue weighted by Crippen LogP contribution is 2.53. The van der Waals surface area contributed by atoms with Gasteiger partial charge in [0.25, 0.3) is 0 Å². The first-order chi connectivity index (χ1) is 16.7. The monoisotopic (exact) mass is 559 g/mol. The number of hydrogen-bond acceptors (Lipinski definition) is 3. The Bertz CT molecular complexity index is 1440. The molecule has 3 aliphatic heterocycles. The number of carbonyl (C=O) groups is 1. The summed E-state index contributed by atoms with van der Waals surface area (Å²) in [6, 6.07) is 19.7. The molecule has 4 aliphatic rings. The van der Waals surface area contributed by atoms with Gasteiger partial charge in [-0.05, 0) is 51.9 Å². The Hall–Kier alpha value is -2.62. The Labute approximate surface area is 214 Å². The van der Waals surface area contributed by atoms with Crippen molar-refractivity contribution in [2.75, 3.05) is 11.5 Å². The fraction of sp³-hybridized carbons (Fsp3) is 0.300. The third-order valence-electron chi connectivity index (χ3n) is 7.77. The van der Waals surface area contributed by atoms with E-state index in [-0.39, 0.29) is 12.0 Å². The molecule has 1 spiro atoms. The van der Waals surface area contributed by atoms with Crippen molar-refractivity contribution in [3.63, 3.8) is 0 Å². The number of fused-ring (bicyclic) bond motifs is 6. The second-order valence-electron chi connectivity index (χ2n) is 9.41. The molecule has 1 aliphatic carbocycles. The molecule has 2 bridgehead atoms. The highest BCUT2D eigenvalue weighted by atomic mass is 127. The number of hydrogen-bond donors (Lipinski definition) is 0. The van der Waals surface area contributed by atoms with Crippen molar-refractivity contribution >= 4 is 50.1 Å². The number of benzene rings is 3. The maximum atomic E-state index is 12.4. The summed E-state index contributed by atoms with van der Waals surface area (Å²) in [7, 11) is 0. The Morgan fingerprint density at radius 2 is 1.76 bits per heavy atom. The quantitative estimate of drug-likeness (QED) is 0.108. The van der Waals surface area contributed by atoms with Crippen LogP contribution in [0.25, 0.3) is 21.5 Å². The Morgan fingerprint density at radius 1 is 1.00 bits per heavy atom. The van der Waals surface area contributed by atoms with Crippen LogP contribution in [0.1, 0.15) is 31.2 Å². The van der Waals surface area contributed by atoms with Crippen LogP contribution in [0.5, 0.6) is 0 Å². The number of ether oxygens (including phenoxy) is 1. The molecule has 7 rings (SSSR count). The molecule has 170 valence electrons. The summed E-state index contributed by atoms with van der Waals surface area (Å²) >= 11 is 2.15. The molecule has 4 heteroatoms. The molecule has 0 aromatic heterocycles. The summed E-state index contributed by atoms with van der Waals surface area (Å²) in [6.07, 6.45) is 8.36. The van der Waals surface area contributed by atoms with Crippen LogP contribution < -0.4 is 0 Å². The first kappa shape index (κ1) is 21.9. The average Bonchev–Trinajstić information content (AvgIpc) is 3.37. The summed E-state index contributed by atoms with van der Waals surface area (Å²) in [5.74, 6) is 6.74. The van der Waals surface area contributed by atoms with Crippen LogP contribution in [0.2, 0.25) is 0 Å². The number of rotatable bonds is 0. The summed E-state index contributed by atoms with van der Waals surface area (Å²) in [6.45, 7) is 1.08. The van der Waals surface area contributed by atoms with Crippen molar-refractivity contribution in [3.05, 3.63) is 83.5 Å². The molecule has 34 heavy (non-hydrogen) atoms. The summed E-state index contributed by atoms with van der Waals surface area (Å²) in [5.41, 5.74) is 2.51. The van der Waals surface area contributed by atoms with E-state index in [1.807, 2.05) is 4.93 Å². The molecule has 2 saturated heterocycles. The number of piperidine rings is 1. The minimum Gasteiger partial charge on any atom is -0.449 e. The standard InChI is InChI=1S/C29H23NO2.CH3I/c31-28-17-26-21(16-22-18-29(26,32-28)27-11-5-6-14-30(22)27)13-12-20-15-19-7-1-2-8-23(19)25-10-4-3-9-24(20)25;1-2/h1-4,7-10,15-17,22,27H,5-6,11,14,18H2;1H3/t22-,27-,29+;/m1./s1. The number of nitrogens with zero attached hydrogens (tertiary/aromatic N) is 1. The Balaban J connectivity index is 0.00000106. The molecule has 0 amide bonds.